The molecule has 0 saturated heterocycles. The molecule has 0 spiro atoms. The van der Waals surface area contributed by atoms with Crippen LogP contribution >= 0.6 is 11.3 Å². The molecule has 0 atom stereocenters. The van der Waals surface area contributed by atoms with E-state index < -0.39 is 5.82 Å². The van der Waals surface area contributed by atoms with Crippen molar-refractivity contribution in [3.63, 3.8) is 0 Å². The van der Waals surface area contributed by atoms with Crippen molar-refractivity contribution in [1.82, 2.24) is 15.2 Å². The molecule has 0 bridgehead atoms. The minimum atomic E-state index is -0.433. The highest BCUT2D eigenvalue weighted by Crippen LogP contribution is 2.24. The number of amides is 2. The lowest BCUT2D eigenvalue weighted by Crippen LogP contribution is -2.37. The van der Waals surface area contributed by atoms with Crippen LogP contribution in [0.15, 0.2) is 23.6 Å². The second-order valence-corrected chi connectivity index (χ2v) is 8.13. The van der Waals surface area contributed by atoms with Gasteiger partial charge in [0.1, 0.15) is 0 Å². The molecule has 1 heterocycles. The Bertz CT molecular complexity index is 755. The molecule has 1 aromatic heterocycles. The molecule has 2 amide bonds. The lowest BCUT2D eigenvalue weighted by molar-refractivity contribution is 0.207. The van der Waals surface area contributed by atoms with E-state index in [1.54, 1.807) is 30.5 Å². The highest BCUT2D eigenvalue weighted by Gasteiger charge is 2.17. The maximum absolute atomic E-state index is 13.7. The van der Waals surface area contributed by atoms with Crippen LogP contribution < -0.4 is 10.1 Å². The van der Waals surface area contributed by atoms with Gasteiger partial charge in [0.05, 0.1) is 17.8 Å². The van der Waals surface area contributed by atoms with Crippen LogP contribution in [0.1, 0.15) is 37.0 Å². The van der Waals surface area contributed by atoms with E-state index in [0.717, 1.165) is 10.7 Å². The third kappa shape index (κ3) is 5.42. The first-order valence-electron chi connectivity index (χ1n) is 8.47. The zero-order valence-corrected chi connectivity index (χ0v) is 16.7. The fourth-order valence-corrected chi connectivity index (χ4v) is 3.36. The largest absolute Gasteiger partial charge is 0.494 e. The fourth-order valence-electron chi connectivity index (χ4n) is 2.34. The summed E-state index contributed by atoms with van der Waals surface area (Å²) in [6.07, 6.45) is 0.692. The monoisotopic (exact) mass is 379 g/mol. The number of hydrogen-bond donors (Lipinski definition) is 1. The first-order chi connectivity index (χ1) is 12.2. The van der Waals surface area contributed by atoms with Crippen LogP contribution in [-0.4, -0.2) is 36.6 Å². The first kappa shape index (κ1) is 20.2. The molecule has 26 heavy (non-hydrogen) atoms. The lowest BCUT2D eigenvalue weighted by atomic mass is 9.93. The van der Waals surface area contributed by atoms with Crippen LogP contribution in [0.4, 0.5) is 9.18 Å². The van der Waals surface area contributed by atoms with Gasteiger partial charge in [-0.3, -0.25) is 0 Å². The lowest BCUT2D eigenvalue weighted by Gasteiger charge is -2.18. The van der Waals surface area contributed by atoms with Crippen molar-refractivity contribution in [1.29, 1.82) is 0 Å². The maximum Gasteiger partial charge on any atom is 0.317 e. The summed E-state index contributed by atoms with van der Waals surface area (Å²) in [6.45, 7) is 7.22. The molecule has 1 N–H and O–H groups in total. The smallest absolute Gasteiger partial charge is 0.317 e. The predicted octanol–water partition coefficient (Wildman–Crippen LogP) is 3.97. The molecule has 142 valence electrons. The van der Waals surface area contributed by atoms with Gasteiger partial charge in [0.2, 0.25) is 0 Å². The van der Waals surface area contributed by atoms with Gasteiger partial charge in [0, 0.05) is 37.4 Å². The zero-order valence-electron chi connectivity index (χ0n) is 15.9. The number of urea groups is 1. The normalized spacial score (nSPS) is 11.3. The van der Waals surface area contributed by atoms with Gasteiger partial charge in [-0.2, -0.15) is 0 Å². The van der Waals surface area contributed by atoms with Crippen molar-refractivity contribution in [3.8, 4) is 5.75 Å². The number of ether oxygens (including phenoxy) is 1. The number of rotatable bonds is 6. The number of hydrogen-bond acceptors (Lipinski definition) is 4. The Labute approximate surface area is 158 Å². The molecule has 0 unspecified atom stereocenters. The Morgan fingerprint density at radius 1 is 1.38 bits per heavy atom. The minimum absolute atomic E-state index is 0.0336. The van der Waals surface area contributed by atoms with Crippen molar-refractivity contribution >= 4 is 17.4 Å². The van der Waals surface area contributed by atoms with Gasteiger partial charge in [-0.15, -0.1) is 11.3 Å². The van der Waals surface area contributed by atoms with Crippen molar-refractivity contribution < 1.29 is 13.9 Å². The summed E-state index contributed by atoms with van der Waals surface area (Å²) < 4.78 is 18.6. The minimum Gasteiger partial charge on any atom is -0.494 e. The number of nitrogens with zero attached hydrogens (tertiary/aromatic N) is 2. The number of halogens is 1. The highest BCUT2D eigenvalue weighted by atomic mass is 32.1. The number of aromatic nitrogens is 1. The molecule has 7 heteroatoms. The molecular weight excluding hydrogens is 353 g/mol. The van der Waals surface area contributed by atoms with E-state index in [9.17, 15) is 9.18 Å². The number of methoxy groups -OCH3 is 1. The fraction of sp³-hybridized carbons (Fsp3) is 0.474. The third-order valence-corrected chi connectivity index (χ3v) is 4.83. The Kier molecular flexibility index (Phi) is 6.58. The number of carbonyl (C=O) groups excluding carboxylic acids is 1. The van der Waals surface area contributed by atoms with Gasteiger partial charge < -0.3 is 15.0 Å². The van der Waals surface area contributed by atoms with E-state index in [0.29, 0.717) is 25.1 Å². The summed E-state index contributed by atoms with van der Waals surface area (Å²) in [7, 11) is 3.10. The Balaban J connectivity index is 1.82. The summed E-state index contributed by atoms with van der Waals surface area (Å²) in [5.41, 5.74) is 1.81. The number of benzene rings is 1. The molecule has 2 rings (SSSR count). The molecule has 2 aromatic rings. The van der Waals surface area contributed by atoms with E-state index >= 15 is 0 Å². The van der Waals surface area contributed by atoms with Crippen LogP contribution in [0.2, 0.25) is 0 Å². The Morgan fingerprint density at radius 2 is 2.12 bits per heavy atom. The average Bonchev–Trinajstić information content (AvgIpc) is 3.04. The van der Waals surface area contributed by atoms with E-state index in [1.807, 2.05) is 0 Å². The molecule has 0 fully saturated rings. The molecule has 0 saturated carbocycles. The second kappa shape index (κ2) is 8.49. The third-order valence-electron chi connectivity index (χ3n) is 3.92. The van der Waals surface area contributed by atoms with Crippen LogP contribution in [0.3, 0.4) is 0 Å². The molecule has 1 aromatic carbocycles. The highest BCUT2D eigenvalue weighted by molar-refractivity contribution is 7.09. The Morgan fingerprint density at radius 3 is 2.69 bits per heavy atom. The topological polar surface area (TPSA) is 54.5 Å². The standard InChI is InChI=1S/C19H26FN3O2S/c1-19(2,3)16-12-26-17(22-16)8-9-21-18(24)23(4)11-13-6-7-15(25-5)14(20)10-13/h6-7,10,12H,8-9,11H2,1-5H3,(H,21,24). The number of carbonyl (C=O) groups is 1. The van der Waals surface area contributed by atoms with E-state index in [1.165, 1.54) is 18.1 Å². The van der Waals surface area contributed by atoms with Gasteiger partial charge in [0.15, 0.2) is 11.6 Å². The van der Waals surface area contributed by atoms with Crippen molar-refractivity contribution in [2.75, 3.05) is 20.7 Å². The van der Waals surface area contributed by atoms with Gasteiger partial charge in [0.25, 0.3) is 0 Å². The molecule has 0 aliphatic rings. The SMILES string of the molecule is COc1ccc(CN(C)C(=O)NCCc2nc(C(C)(C)C)cs2)cc1F. The van der Waals surface area contributed by atoms with Crippen molar-refractivity contribution in [2.45, 2.75) is 39.2 Å². The van der Waals surface area contributed by atoms with Gasteiger partial charge in [-0.1, -0.05) is 26.8 Å². The van der Waals surface area contributed by atoms with Gasteiger partial charge in [-0.25, -0.2) is 14.2 Å². The molecule has 5 nitrogen and oxygen atoms in total. The van der Waals surface area contributed by atoms with Gasteiger partial charge in [-0.05, 0) is 17.7 Å². The quantitative estimate of drug-likeness (QED) is 0.826. The average molecular weight is 380 g/mol. The summed E-state index contributed by atoms with van der Waals surface area (Å²) >= 11 is 1.61. The maximum atomic E-state index is 13.7. The summed E-state index contributed by atoms with van der Waals surface area (Å²) in [5.74, 6) is -0.240. The molecule has 0 radical (unpaired) electrons. The first-order valence-corrected chi connectivity index (χ1v) is 9.35. The van der Waals surface area contributed by atoms with Crippen molar-refractivity contribution in [2.24, 2.45) is 0 Å². The van der Waals surface area contributed by atoms with E-state index in [4.69, 9.17) is 4.74 Å². The van der Waals surface area contributed by atoms with Crippen LogP contribution in [0, 0.1) is 5.82 Å². The second-order valence-electron chi connectivity index (χ2n) is 7.18. The summed E-state index contributed by atoms with van der Waals surface area (Å²) in [4.78, 5) is 18.3. The zero-order chi connectivity index (χ0) is 19.3. The molecular formula is C19H26FN3O2S. The predicted molar refractivity (Wildman–Crippen MR) is 102 cm³/mol. The van der Waals surface area contributed by atoms with E-state index in [2.05, 4.69) is 36.5 Å². The van der Waals surface area contributed by atoms with Crippen molar-refractivity contribution in [3.05, 3.63) is 45.7 Å². The molecule has 0 aliphatic heterocycles. The number of thiazole rings is 1. The van der Waals surface area contributed by atoms with Crippen LogP contribution in [0.5, 0.6) is 5.75 Å². The Hall–Kier alpha value is -2.15. The number of nitrogens with one attached hydrogen (secondary N) is 1. The van der Waals surface area contributed by atoms with Crippen LogP contribution in [-0.2, 0) is 18.4 Å². The molecule has 0 aliphatic carbocycles. The van der Waals surface area contributed by atoms with Crippen LogP contribution in [0.25, 0.3) is 0 Å². The summed E-state index contributed by atoms with van der Waals surface area (Å²) in [6, 6.07) is 4.49. The van der Waals surface area contributed by atoms with E-state index in [-0.39, 0.29) is 17.2 Å². The van der Waals surface area contributed by atoms with Gasteiger partial charge >= 0.3 is 6.03 Å². The summed E-state index contributed by atoms with van der Waals surface area (Å²) in [5, 5.41) is 5.95.